The summed E-state index contributed by atoms with van der Waals surface area (Å²) in [7, 11) is 0. The zero-order valence-electron chi connectivity index (χ0n) is 15.2. The number of amides is 1. The van der Waals surface area contributed by atoms with Crippen molar-refractivity contribution < 1.29 is 9.21 Å². The van der Waals surface area contributed by atoms with Crippen LogP contribution in [0.1, 0.15) is 55.2 Å². The van der Waals surface area contributed by atoms with Crippen LogP contribution in [-0.2, 0) is 13.1 Å². The Kier molecular flexibility index (Phi) is 6.15. The highest BCUT2D eigenvalue weighted by Crippen LogP contribution is 2.16. The topological polar surface area (TPSA) is 58.4 Å². The minimum atomic E-state index is -0.199. The van der Waals surface area contributed by atoms with Crippen molar-refractivity contribution in [3.05, 3.63) is 53.2 Å². The van der Waals surface area contributed by atoms with Crippen molar-refractivity contribution in [1.82, 2.24) is 15.2 Å². The molecule has 0 radical (unpaired) electrons. The van der Waals surface area contributed by atoms with Crippen molar-refractivity contribution >= 4 is 5.91 Å². The molecule has 0 aliphatic heterocycles. The third kappa shape index (κ3) is 4.93. The predicted molar refractivity (Wildman–Crippen MR) is 94.7 cm³/mol. The van der Waals surface area contributed by atoms with Crippen molar-refractivity contribution in [2.45, 2.75) is 59.8 Å². The molecule has 2 rings (SSSR count). The Bertz CT molecular complexity index is 677. The molecule has 0 aliphatic carbocycles. The molecule has 24 heavy (non-hydrogen) atoms. The van der Waals surface area contributed by atoms with Crippen LogP contribution < -0.4 is 5.32 Å². The monoisotopic (exact) mass is 329 g/mol. The predicted octanol–water partition coefficient (Wildman–Crippen LogP) is 3.53. The number of carbonyl (C=O) groups is 1. The second-order valence-electron chi connectivity index (χ2n) is 6.68. The lowest BCUT2D eigenvalue weighted by Gasteiger charge is -2.25. The number of carbonyl (C=O) groups excluding carboxylic acids is 1. The number of benzene rings is 1. The fraction of sp³-hybridized carbons (Fsp3) is 0.474. The molecule has 1 heterocycles. The lowest BCUT2D eigenvalue weighted by atomic mass is 10.1. The molecule has 1 aromatic heterocycles. The van der Waals surface area contributed by atoms with Gasteiger partial charge in [-0.1, -0.05) is 24.3 Å². The summed E-state index contributed by atoms with van der Waals surface area (Å²) in [6.07, 6.45) is 1.43. The first-order valence-electron chi connectivity index (χ1n) is 8.40. The third-order valence-electron chi connectivity index (χ3n) is 3.91. The molecule has 0 saturated carbocycles. The number of aromatic nitrogens is 1. The average molecular weight is 329 g/mol. The Labute approximate surface area is 144 Å². The molecule has 0 spiro atoms. The summed E-state index contributed by atoms with van der Waals surface area (Å²) >= 11 is 0. The molecule has 130 valence electrons. The van der Waals surface area contributed by atoms with Gasteiger partial charge in [-0.25, -0.2) is 4.98 Å². The van der Waals surface area contributed by atoms with E-state index < -0.39 is 0 Å². The van der Waals surface area contributed by atoms with Crippen LogP contribution in [0.25, 0.3) is 0 Å². The lowest BCUT2D eigenvalue weighted by Crippen LogP contribution is -2.31. The molecule has 0 atom stereocenters. The van der Waals surface area contributed by atoms with Crippen LogP contribution in [0.5, 0.6) is 0 Å². The SMILES string of the molecule is Cc1ccccc1CN(Cc1nc(C(=O)NC(C)C)co1)C(C)C. The molecule has 5 nitrogen and oxygen atoms in total. The van der Waals surface area contributed by atoms with Crippen LogP contribution in [0.3, 0.4) is 0 Å². The third-order valence-corrected chi connectivity index (χ3v) is 3.91. The molecule has 0 fully saturated rings. The van der Waals surface area contributed by atoms with Gasteiger partial charge in [0.25, 0.3) is 5.91 Å². The number of hydrogen-bond acceptors (Lipinski definition) is 4. The van der Waals surface area contributed by atoms with E-state index in [0.29, 0.717) is 24.2 Å². The number of oxazole rings is 1. The van der Waals surface area contributed by atoms with Crippen molar-refractivity contribution in [1.29, 1.82) is 0 Å². The Morgan fingerprint density at radius 1 is 1.21 bits per heavy atom. The highest BCUT2D eigenvalue weighted by atomic mass is 16.3. The summed E-state index contributed by atoms with van der Waals surface area (Å²) in [6.45, 7) is 11.6. The van der Waals surface area contributed by atoms with E-state index in [1.54, 1.807) is 0 Å². The van der Waals surface area contributed by atoms with Crippen LogP contribution in [0.2, 0.25) is 0 Å². The van der Waals surface area contributed by atoms with Gasteiger partial charge in [-0.3, -0.25) is 9.69 Å². The molecule has 0 unspecified atom stereocenters. The van der Waals surface area contributed by atoms with Crippen LogP contribution in [-0.4, -0.2) is 27.9 Å². The van der Waals surface area contributed by atoms with E-state index in [-0.39, 0.29) is 11.9 Å². The van der Waals surface area contributed by atoms with Crippen molar-refractivity contribution in [3.63, 3.8) is 0 Å². The number of nitrogens with one attached hydrogen (secondary N) is 1. The smallest absolute Gasteiger partial charge is 0.273 e. The Hall–Kier alpha value is -2.14. The average Bonchev–Trinajstić information content (AvgIpc) is 2.96. The second-order valence-corrected chi connectivity index (χ2v) is 6.68. The Morgan fingerprint density at radius 2 is 1.92 bits per heavy atom. The second kappa shape index (κ2) is 8.11. The molecule has 5 heteroatoms. The van der Waals surface area contributed by atoms with Crippen molar-refractivity contribution in [3.8, 4) is 0 Å². The van der Waals surface area contributed by atoms with Crippen LogP contribution in [0.15, 0.2) is 34.9 Å². The van der Waals surface area contributed by atoms with E-state index >= 15 is 0 Å². The van der Waals surface area contributed by atoms with Crippen molar-refractivity contribution in [2.75, 3.05) is 0 Å². The fourth-order valence-corrected chi connectivity index (χ4v) is 2.43. The molecular formula is C19H27N3O2. The van der Waals surface area contributed by atoms with Gasteiger partial charge in [0.2, 0.25) is 5.89 Å². The first-order chi connectivity index (χ1) is 11.4. The number of hydrogen-bond donors (Lipinski definition) is 1. The standard InChI is InChI=1S/C19H27N3O2/c1-13(2)20-19(23)17-12-24-18(21-17)11-22(14(3)4)10-16-9-7-6-8-15(16)5/h6-9,12-14H,10-11H2,1-5H3,(H,20,23). The van der Waals surface area contributed by atoms with E-state index in [0.717, 1.165) is 6.54 Å². The van der Waals surface area contributed by atoms with E-state index in [1.807, 2.05) is 19.9 Å². The van der Waals surface area contributed by atoms with Crippen LogP contribution >= 0.6 is 0 Å². The summed E-state index contributed by atoms with van der Waals surface area (Å²) in [6, 6.07) is 8.78. The normalized spacial score (nSPS) is 11.5. The molecule has 2 aromatic rings. The maximum absolute atomic E-state index is 12.0. The summed E-state index contributed by atoms with van der Waals surface area (Å²) in [5.41, 5.74) is 2.89. The van der Waals surface area contributed by atoms with E-state index in [4.69, 9.17) is 4.42 Å². The Morgan fingerprint density at radius 3 is 2.54 bits per heavy atom. The molecule has 1 aromatic carbocycles. The van der Waals surface area contributed by atoms with Gasteiger partial charge in [-0.05, 0) is 45.7 Å². The summed E-state index contributed by atoms with van der Waals surface area (Å²) < 4.78 is 5.50. The molecule has 1 amide bonds. The number of rotatable bonds is 7. The summed E-state index contributed by atoms with van der Waals surface area (Å²) in [5.74, 6) is 0.362. The highest BCUT2D eigenvalue weighted by molar-refractivity contribution is 5.92. The summed E-state index contributed by atoms with van der Waals surface area (Å²) in [5, 5.41) is 2.82. The quantitative estimate of drug-likeness (QED) is 0.844. The Balaban J connectivity index is 2.07. The maximum atomic E-state index is 12.0. The molecule has 1 N–H and O–H groups in total. The maximum Gasteiger partial charge on any atom is 0.273 e. The minimum absolute atomic E-state index is 0.0749. The fourth-order valence-electron chi connectivity index (χ4n) is 2.43. The zero-order chi connectivity index (χ0) is 17.7. The van der Waals surface area contributed by atoms with Crippen LogP contribution in [0, 0.1) is 6.92 Å². The number of nitrogens with zero attached hydrogens (tertiary/aromatic N) is 2. The van der Waals surface area contributed by atoms with E-state index in [1.165, 1.54) is 17.4 Å². The summed E-state index contributed by atoms with van der Waals surface area (Å²) in [4.78, 5) is 18.6. The number of aryl methyl sites for hydroxylation is 1. The minimum Gasteiger partial charge on any atom is -0.447 e. The van der Waals surface area contributed by atoms with Gasteiger partial charge < -0.3 is 9.73 Å². The van der Waals surface area contributed by atoms with Gasteiger partial charge in [-0.2, -0.15) is 0 Å². The van der Waals surface area contributed by atoms with Gasteiger partial charge >= 0.3 is 0 Å². The van der Waals surface area contributed by atoms with Crippen LogP contribution in [0.4, 0.5) is 0 Å². The van der Waals surface area contributed by atoms with Gasteiger partial charge in [0, 0.05) is 18.6 Å². The van der Waals surface area contributed by atoms with Gasteiger partial charge in [0.15, 0.2) is 5.69 Å². The van der Waals surface area contributed by atoms with Crippen molar-refractivity contribution in [2.24, 2.45) is 0 Å². The first kappa shape index (κ1) is 18.2. The van der Waals surface area contributed by atoms with Gasteiger partial charge in [0.1, 0.15) is 6.26 Å². The van der Waals surface area contributed by atoms with Gasteiger partial charge in [0.05, 0.1) is 6.54 Å². The van der Waals surface area contributed by atoms with Gasteiger partial charge in [-0.15, -0.1) is 0 Å². The highest BCUT2D eigenvalue weighted by Gasteiger charge is 2.17. The largest absolute Gasteiger partial charge is 0.447 e. The molecule has 0 bridgehead atoms. The zero-order valence-corrected chi connectivity index (χ0v) is 15.2. The van der Waals surface area contributed by atoms with E-state index in [2.05, 4.69) is 54.2 Å². The lowest BCUT2D eigenvalue weighted by molar-refractivity contribution is 0.0938. The molecule has 0 saturated heterocycles. The first-order valence-corrected chi connectivity index (χ1v) is 8.40. The molecular weight excluding hydrogens is 302 g/mol. The molecule has 0 aliphatic rings. The van der Waals surface area contributed by atoms with E-state index in [9.17, 15) is 4.79 Å².